The molecular formula is C10H16BrNO2S2. The third kappa shape index (κ3) is 3.55. The Labute approximate surface area is 109 Å². The number of aryl methyl sites for hydroxylation is 1. The van der Waals surface area contributed by atoms with Crippen molar-refractivity contribution >= 4 is 37.3 Å². The van der Waals surface area contributed by atoms with Gasteiger partial charge in [-0.3, -0.25) is 0 Å². The maximum absolute atomic E-state index is 12.0. The maximum Gasteiger partial charge on any atom is 0.250 e. The second kappa shape index (κ2) is 5.62. The van der Waals surface area contributed by atoms with Gasteiger partial charge in [0, 0.05) is 16.2 Å². The summed E-state index contributed by atoms with van der Waals surface area (Å²) in [7, 11) is -3.36. The molecule has 92 valence electrons. The van der Waals surface area contributed by atoms with E-state index < -0.39 is 10.0 Å². The van der Waals surface area contributed by atoms with Gasteiger partial charge >= 0.3 is 0 Å². The van der Waals surface area contributed by atoms with Gasteiger partial charge in [0.05, 0.1) is 0 Å². The highest BCUT2D eigenvalue weighted by Crippen LogP contribution is 2.21. The Kier molecular flexibility index (Phi) is 4.97. The zero-order valence-electron chi connectivity index (χ0n) is 9.53. The van der Waals surface area contributed by atoms with Gasteiger partial charge in [-0.1, -0.05) is 29.8 Å². The fourth-order valence-corrected chi connectivity index (χ4v) is 4.97. The first-order valence-corrected chi connectivity index (χ1v) is 8.43. The molecule has 0 saturated carbocycles. The van der Waals surface area contributed by atoms with E-state index in [1.807, 2.05) is 26.8 Å². The number of hydrogen-bond donors (Lipinski definition) is 1. The molecule has 0 saturated heterocycles. The SMILES string of the molecule is Cc1ccc(S(=O)(=O)NC(CBr)C(C)C)s1. The van der Waals surface area contributed by atoms with Crippen LogP contribution in [0.5, 0.6) is 0 Å². The highest BCUT2D eigenvalue weighted by molar-refractivity contribution is 9.09. The van der Waals surface area contributed by atoms with Gasteiger partial charge in [0.1, 0.15) is 4.21 Å². The number of halogens is 1. The van der Waals surface area contributed by atoms with Crippen molar-refractivity contribution in [3.05, 3.63) is 17.0 Å². The van der Waals surface area contributed by atoms with Gasteiger partial charge in [-0.05, 0) is 25.0 Å². The van der Waals surface area contributed by atoms with Gasteiger partial charge in [-0.25, -0.2) is 13.1 Å². The Morgan fingerprint density at radius 1 is 1.44 bits per heavy atom. The Morgan fingerprint density at radius 2 is 2.06 bits per heavy atom. The maximum atomic E-state index is 12.0. The van der Waals surface area contributed by atoms with Crippen molar-refractivity contribution < 1.29 is 8.42 Å². The zero-order chi connectivity index (χ0) is 12.3. The van der Waals surface area contributed by atoms with Crippen LogP contribution >= 0.6 is 27.3 Å². The molecule has 3 nitrogen and oxygen atoms in total. The third-order valence-electron chi connectivity index (χ3n) is 2.26. The largest absolute Gasteiger partial charge is 0.250 e. The van der Waals surface area contributed by atoms with E-state index in [1.165, 1.54) is 11.3 Å². The van der Waals surface area contributed by atoms with E-state index >= 15 is 0 Å². The molecule has 0 aliphatic carbocycles. The number of sulfonamides is 1. The van der Waals surface area contributed by atoms with Gasteiger partial charge in [-0.15, -0.1) is 11.3 Å². The molecule has 0 aliphatic heterocycles. The topological polar surface area (TPSA) is 46.2 Å². The molecule has 0 radical (unpaired) electrons. The van der Waals surface area contributed by atoms with Gasteiger partial charge in [0.2, 0.25) is 10.0 Å². The van der Waals surface area contributed by atoms with Gasteiger partial charge in [0.25, 0.3) is 0 Å². The van der Waals surface area contributed by atoms with Gasteiger partial charge < -0.3 is 0 Å². The second-order valence-electron chi connectivity index (χ2n) is 3.99. The van der Waals surface area contributed by atoms with Crippen molar-refractivity contribution in [1.82, 2.24) is 4.72 Å². The van der Waals surface area contributed by atoms with Crippen LogP contribution in [-0.2, 0) is 10.0 Å². The molecule has 0 aromatic carbocycles. The molecule has 1 rings (SSSR count). The average molecular weight is 326 g/mol. The van der Waals surface area contributed by atoms with Crippen LogP contribution in [0.1, 0.15) is 18.7 Å². The molecule has 1 aromatic rings. The number of thiophene rings is 1. The minimum atomic E-state index is -3.36. The predicted molar refractivity (Wildman–Crippen MR) is 71.8 cm³/mol. The lowest BCUT2D eigenvalue weighted by Gasteiger charge is -2.19. The molecule has 1 atom stereocenters. The summed E-state index contributed by atoms with van der Waals surface area (Å²) in [5.74, 6) is 0.259. The molecule has 0 amide bonds. The first-order valence-electron chi connectivity index (χ1n) is 5.01. The van der Waals surface area contributed by atoms with Gasteiger partial charge in [0.15, 0.2) is 0 Å². The number of hydrogen-bond acceptors (Lipinski definition) is 3. The Morgan fingerprint density at radius 3 is 2.44 bits per heavy atom. The van der Waals surface area contributed by atoms with Gasteiger partial charge in [-0.2, -0.15) is 0 Å². The molecule has 6 heteroatoms. The summed E-state index contributed by atoms with van der Waals surface area (Å²) in [5, 5.41) is 0.619. The third-order valence-corrected chi connectivity index (χ3v) is 5.94. The smallest absolute Gasteiger partial charge is 0.206 e. The van der Waals surface area contributed by atoms with E-state index in [0.29, 0.717) is 9.54 Å². The van der Waals surface area contributed by atoms with E-state index in [4.69, 9.17) is 0 Å². The molecule has 1 unspecified atom stereocenters. The second-order valence-corrected chi connectivity index (χ2v) is 7.87. The van der Waals surface area contributed by atoms with Crippen molar-refractivity contribution in [2.75, 3.05) is 5.33 Å². The Balaban J connectivity index is 2.87. The Bertz CT molecular complexity index is 439. The lowest BCUT2D eigenvalue weighted by atomic mass is 10.1. The van der Waals surface area contributed by atoms with Crippen LogP contribution in [0, 0.1) is 12.8 Å². The summed E-state index contributed by atoms with van der Waals surface area (Å²) in [6.45, 7) is 5.89. The van der Waals surface area contributed by atoms with Crippen molar-refractivity contribution in [1.29, 1.82) is 0 Å². The Hall–Kier alpha value is 0.0900. The van der Waals surface area contributed by atoms with Crippen LogP contribution in [0.3, 0.4) is 0 Å². The highest BCUT2D eigenvalue weighted by atomic mass is 79.9. The standard InChI is InChI=1S/C10H16BrNO2S2/c1-7(2)9(6-11)12-16(13,14)10-5-4-8(3)15-10/h4-5,7,9,12H,6H2,1-3H3. The van der Waals surface area contributed by atoms with Crippen molar-refractivity contribution in [3.63, 3.8) is 0 Å². The summed E-state index contributed by atoms with van der Waals surface area (Å²) in [5.41, 5.74) is 0. The van der Waals surface area contributed by atoms with Crippen LogP contribution < -0.4 is 4.72 Å². The summed E-state index contributed by atoms with van der Waals surface area (Å²) in [4.78, 5) is 1.00. The van der Waals surface area contributed by atoms with E-state index in [9.17, 15) is 8.42 Å². The normalized spacial score (nSPS) is 14.3. The van der Waals surface area contributed by atoms with E-state index in [-0.39, 0.29) is 12.0 Å². The summed E-state index contributed by atoms with van der Waals surface area (Å²) in [6, 6.07) is 3.39. The van der Waals surface area contributed by atoms with E-state index in [2.05, 4.69) is 20.7 Å². The molecule has 0 bridgehead atoms. The summed E-state index contributed by atoms with van der Waals surface area (Å²) in [6.07, 6.45) is 0. The van der Waals surface area contributed by atoms with Crippen LogP contribution in [-0.4, -0.2) is 19.8 Å². The van der Waals surface area contributed by atoms with E-state index in [0.717, 1.165) is 4.88 Å². The van der Waals surface area contributed by atoms with Crippen LogP contribution in [0.15, 0.2) is 16.3 Å². The fraction of sp³-hybridized carbons (Fsp3) is 0.600. The lowest BCUT2D eigenvalue weighted by Crippen LogP contribution is -2.39. The first-order chi connectivity index (χ1) is 7.36. The zero-order valence-corrected chi connectivity index (χ0v) is 12.7. The lowest BCUT2D eigenvalue weighted by molar-refractivity contribution is 0.484. The minimum absolute atomic E-state index is 0.0765. The van der Waals surface area contributed by atoms with Crippen LogP contribution in [0.4, 0.5) is 0 Å². The molecule has 16 heavy (non-hydrogen) atoms. The average Bonchev–Trinajstić information content (AvgIpc) is 2.61. The summed E-state index contributed by atoms with van der Waals surface area (Å²) >= 11 is 4.62. The number of nitrogens with one attached hydrogen (secondary N) is 1. The number of alkyl halides is 1. The van der Waals surface area contributed by atoms with Crippen molar-refractivity contribution in [2.24, 2.45) is 5.92 Å². The quantitative estimate of drug-likeness (QED) is 0.846. The minimum Gasteiger partial charge on any atom is -0.206 e. The molecule has 1 heterocycles. The fourth-order valence-electron chi connectivity index (χ4n) is 1.16. The van der Waals surface area contributed by atoms with Crippen LogP contribution in [0.25, 0.3) is 0 Å². The monoisotopic (exact) mass is 325 g/mol. The summed E-state index contributed by atoms with van der Waals surface area (Å²) < 4.78 is 27.1. The highest BCUT2D eigenvalue weighted by Gasteiger charge is 2.22. The molecule has 0 fully saturated rings. The molecule has 0 spiro atoms. The molecule has 1 aromatic heterocycles. The molecule has 0 aliphatic rings. The first kappa shape index (κ1) is 14.2. The predicted octanol–water partition coefficient (Wildman–Crippen LogP) is 2.75. The van der Waals surface area contributed by atoms with Crippen molar-refractivity contribution in [2.45, 2.75) is 31.0 Å². The molecule has 1 N–H and O–H groups in total. The van der Waals surface area contributed by atoms with E-state index in [1.54, 1.807) is 6.07 Å². The molecular weight excluding hydrogens is 310 g/mol. The number of rotatable bonds is 5. The van der Waals surface area contributed by atoms with Crippen molar-refractivity contribution in [3.8, 4) is 0 Å². The van der Waals surface area contributed by atoms with Crippen LogP contribution in [0.2, 0.25) is 0 Å².